The number of para-hydroxylation sites is 1. The maximum Gasteiger partial charge on any atom is 0.144 e. The highest BCUT2D eigenvalue weighted by molar-refractivity contribution is 6.23. The van der Waals surface area contributed by atoms with E-state index in [0.29, 0.717) is 0 Å². The molecule has 0 saturated carbocycles. The third-order valence-electron chi connectivity index (χ3n) is 10.8. The molecule has 0 N–H and O–H groups in total. The number of benzene rings is 9. The van der Waals surface area contributed by atoms with Crippen molar-refractivity contribution in [2.45, 2.75) is 0 Å². The van der Waals surface area contributed by atoms with Crippen LogP contribution in [0.2, 0.25) is 0 Å². The molecular weight excluding hydrogens is 671 g/mol. The number of anilines is 3. The molecular formula is C52H33NO2. The number of rotatable bonds is 6. The summed E-state index contributed by atoms with van der Waals surface area (Å²) >= 11 is 0. The van der Waals surface area contributed by atoms with E-state index in [1.807, 2.05) is 12.1 Å². The minimum absolute atomic E-state index is 0.818. The van der Waals surface area contributed by atoms with Gasteiger partial charge in [0.2, 0.25) is 0 Å². The van der Waals surface area contributed by atoms with E-state index in [2.05, 4.69) is 193 Å². The smallest absolute Gasteiger partial charge is 0.144 e. The molecule has 0 fully saturated rings. The molecule has 0 bridgehead atoms. The second kappa shape index (κ2) is 12.6. The molecule has 0 aliphatic heterocycles. The summed E-state index contributed by atoms with van der Waals surface area (Å²) in [6.07, 6.45) is 0. The first-order valence-corrected chi connectivity index (χ1v) is 18.7. The van der Waals surface area contributed by atoms with E-state index in [0.717, 1.165) is 72.1 Å². The van der Waals surface area contributed by atoms with Crippen LogP contribution in [0.3, 0.4) is 0 Å². The van der Waals surface area contributed by atoms with Crippen molar-refractivity contribution >= 4 is 71.7 Å². The Kier molecular flexibility index (Phi) is 7.17. The maximum atomic E-state index is 7.02. The molecule has 0 amide bonds. The zero-order chi connectivity index (χ0) is 36.3. The molecule has 0 radical (unpaired) electrons. The molecule has 2 aromatic heterocycles. The fraction of sp³-hybridized carbons (Fsp3) is 0. The molecule has 2 heterocycles. The third-order valence-corrected chi connectivity index (χ3v) is 10.8. The van der Waals surface area contributed by atoms with Gasteiger partial charge in [-0.05, 0) is 87.1 Å². The lowest BCUT2D eigenvalue weighted by molar-refractivity contribution is 0.664. The third kappa shape index (κ3) is 5.28. The SMILES string of the molecule is c1ccc(-c2ccc(-c3c4oc5cc(N(c6ccc(-c7ccccc7)cc6)c6ccc7ccccc7c6)ccc5c4cc4oc5ccccc5c34)cc2)cc1. The van der Waals surface area contributed by atoms with Gasteiger partial charge in [-0.15, -0.1) is 0 Å². The molecule has 0 aliphatic carbocycles. The fourth-order valence-corrected chi connectivity index (χ4v) is 8.17. The first kappa shape index (κ1) is 31.2. The summed E-state index contributed by atoms with van der Waals surface area (Å²) in [5.41, 5.74) is 13.4. The molecule has 0 spiro atoms. The van der Waals surface area contributed by atoms with Crippen molar-refractivity contribution in [1.29, 1.82) is 0 Å². The van der Waals surface area contributed by atoms with Crippen molar-refractivity contribution < 1.29 is 8.83 Å². The van der Waals surface area contributed by atoms with Crippen LogP contribution >= 0.6 is 0 Å². The zero-order valence-electron chi connectivity index (χ0n) is 29.8. The van der Waals surface area contributed by atoms with E-state index in [-0.39, 0.29) is 0 Å². The number of fused-ring (bicyclic) bond motifs is 7. The Morgan fingerprint density at radius 2 is 0.873 bits per heavy atom. The Morgan fingerprint density at radius 1 is 0.309 bits per heavy atom. The van der Waals surface area contributed by atoms with Gasteiger partial charge in [0, 0.05) is 50.2 Å². The average molecular weight is 704 g/mol. The van der Waals surface area contributed by atoms with Crippen molar-refractivity contribution in [3.63, 3.8) is 0 Å². The summed E-state index contributed by atoms with van der Waals surface area (Å²) < 4.78 is 13.6. The highest BCUT2D eigenvalue weighted by Crippen LogP contribution is 2.46. The second-order valence-electron chi connectivity index (χ2n) is 14.1. The van der Waals surface area contributed by atoms with Gasteiger partial charge in [0.1, 0.15) is 22.3 Å². The van der Waals surface area contributed by atoms with Gasteiger partial charge in [0.25, 0.3) is 0 Å². The summed E-state index contributed by atoms with van der Waals surface area (Å²) in [6, 6.07) is 70.8. The molecule has 9 aromatic carbocycles. The summed E-state index contributed by atoms with van der Waals surface area (Å²) in [6.45, 7) is 0. The topological polar surface area (TPSA) is 29.5 Å². The van der Waals surface area contributed by atoms with Gasteiger partial charge < -0.3 is 13.7 Å². The summed E-state index contributed by atoms with van der Waals surface area (Å²) in [4.78, 5) is 2.32. The Morgan fingerprint density at radius 3 is 1.62 bits per heavy atom. The Balaban J connectivity index is 1.11. The van der Waals surface area contributed by atoms with E-state index >= 15 is 0 Å². The average Bonchev–Trinajstić information content (AvgIpc) is 3.81. The quantitative estimate of drug-likeness (QED) is 0.173. The van der Waals surface area contributed by atoms with E-state index < -0.39 is 0 Å². The van der Waals surface area contributed by atoms with Gasteiger partial charge in [0.05, 0.1) is 0 Å². The summed E-state index contributed by atoms with van der Waals surface area (Å²) in [7, 11) is 0. The van der Waals surface area contributed by atoms with Crippen molar-refractivity contribution in [2.75, 3.05) is 4.90 Å². The van der Waals surface area contributed by atoms with Crippen molar-refractivity contribution in [3.05, 3.63) is 200 Å². The van der Waals surface area contributed by atoms with Crippen LogP contribution in [0, 0.1) is 0 Å². The van der Waals surface area contributed by atoms with Crippen LogP contribution in [0.5, 0.6) is 0 Å². The molecule has 0 saturated heterocycles. The Bertz CT molecular complexity index is 3180. The van der Waals surface area contributed by atoms with Gasteiger partial charge in [-0.2, -0.15) is 0 Å². The lowest BCUT2D eigenvalue weighted by Crippen LogP contribution is -2.09. The standard InChI is InChI=1S/C52H33NO2/c1-3-11-34(12-4-1)37-19-21-39(22-20-37)50-51-45-17-9-10-18-47(45)54-49(51)33-46-44-30-29-43(32-48(44)55-52(46)50)53(42-28-25-36-15-7-8-16-40(36)31-42)41-26-23-38(24-27-41)35-13-5-2-6-14-35/h1-33H. The monoisotopic (exact) mass is 703 g/mol. The maximum absolute atomic E-state index is 7.02. The van der Waals surface area contributed by atoms with Crippen molar-refractivity contribution in [3.8, 4) is 33.4 Å². The first-order valence-electron chi connectivity index (χ1n) is 18.7. The van der Waals surface area contributed by atoms with Crippen molar-refractivity contribution in [1.82, 2.24) is 0 Å². The molecule has 3 nitrogen and oxygen atoms in total. The zero-order valence-corrected chi connectivity index (χ0v) is 29.8. The molecule has 11 rings (SSSR count). The van der Waals surface area contributed by atoms with Gasteiger partial charge in [0.15, 0.2) is 0 Å². The van der Waals surface area contributed by atoms with Crippen LogP contribution in [0.15, 0.2) is 209 Å². The molecule has 11 aromatic rings. The predicted octanol–water partition coefficient (Wildman–Crippen LogP) is 15.1. The highest BCUT2D eigenvalue weighted by Gasteiger charge is 2.22. The first-order chi connectivity index (χ1) is 27.2. The highest BCUT2D eigenvalue weighted by atomic mass is 16.3. The van der Waals surface area contributed by atoms with E-state index in [9.17, 15) is 0 Å². The van der Waals surface area contributed by atoms with Crippen LogP contribution in [0.1, 0.15) is 0 Å². The molecule has 0 atom stereocenters. The van der Waals surface area contributed by atoms with Gasteiger partial charge >= 0.3 is 0 Å². The Labute approximate surface area is 317 Å². The van der Waals surface area contributed by atoms with Gasteiger partial charge in [-0.1, -0.05) is 146 Å². The Hall–Kier alpha value is -7.36. The number of hydrogen-bond acceptors (Lipinski definition) is 3. The molecule has 0 unspecified atom stereocenters. The van der Waals surface area contributed by atoms with Gasteiger partial charge in [-0.3, -0.25) is 0 Å². The van der Waals surface area contributed by atoms with Crippen LogP contribution in [0.25, 0.3) is 88.0 Å². The normalized spacial score (nSPS) is 11.6. The fourth-order valence-electron chi connectivity index (χ4n) is 8.17. The summed E-state index contributed by atoms with van der Waals surface area (Å²) in [5.74, 6) is 0. The van der Waals surface area contributed by atoms with Crippen LogP contribution in [0.4, 0.5) is 17.1 Å². The lowest BCUT2D eigenvalue weighted by atomic mass is 9.95. The largest absolute Gasteiger partial charge is 0.456 e. The molecule has 3 heteroatoms. The van der Waals surface area contributed by atoms with Crippen LogP contribution in [-0.4, -0.2) is 0 Å². The minimum Gasteiger partial charge on any atom is -0.456 e. The predicted molar refractivity (Wildman–Crippen MR) is 229 cm³/mol. The number of nitrogens with zero attached hydrogens (tertiary/aromatic N) is 1. The second-order valence-corrected chi connectivity index (χ2v) is 14.1. The summed E-state index contributed by atoms with van der Waals surface area (Å²) in [5, 5.41) is 6.60. The van der Waals surface area contributed by atoms with Gasteiger partial charge in [-0.25, -0.2) is 0 Å². The molecule has 0 aliphatic rings. The lowest BCUT2D eigenvalue weighted by Gasteiger charge is -2.26. The van der Waals surface area contributed by atoms with E-state index in [1.165, 1.54) is 33.0 Å². The molecule has 55 heavy (non-hydrogen) atoms. The minimum atomic E-state index is 0.818. The van der Waals surface area contributed by atoms with Crippen LogP contribution < -0.4 is 4.90 Å². The number of hydrogen-bond donors (Lipinski definition) is 0. The van der Waals surface area contributed by atoms with E-state index in [4.69, 9.17) is 8.83 Å². The number of furan rings is 2. The van der Waals surface area contributed by atoms with Crippen LogP contribution in [-0.2, 0) is 0 Å². The van der Waals surface area contributed by atoms with Crippen molar-refractivity contribution in [2.24, 2.45) is 0 Å². The van der Waals surface area contributed by atoms with E-state index in [1.54, 1.807) is 0 Å². The molecule has 258 valence electrons.